The van der Waals surface area contributed by atoms with Crippen molar-refractivity contribution in [3.8, 4) is 0 Å². The molecule has 3 saturated heterocycles. The number of hydrogen-bond acceptors (Lipinski definition) is 2. The Hall–Kier alpha value is -1.02. The number of fused-ring (bicyclic) bond motifs is 2. The summed E-state index contributed by atoms with van der Waals surface area (Å²) in [5, 5.41) is 0. The first-order valence-electron chi connectivity index (χ1n) is 8.24. The summed E-state index contributed by atoms with van der Waals surface area (Å²) in [6.07, 6.45) is 4.21. The summed E-state index contributed by atoms with van der Waals surface area (Å²) in [7, 11) is 2.29. The third-order valence-electron chi connectivity index (χ3n) is 5.63. The molecule has 2 unspecified atom stereocenters. The number of benzene rings is 1. The highest BCUT2D eigenvalue weighted by molar-refractivity contribution is 5.54. The molecule has 1 aromatic rings. The molecule has 0 amide bonds. The molecule has 1 saturated carbocycles. The van der Waals surface area contributed by atoms with Crippen molar-refractivity contribution in [2.45, 2.75) is 57.0 Å². The minimum atomic E-state index is 0.653. The molecule has 0 spiro atoms. The van der Waals surface area contributed by atoms with Crippen LogP contribution >= 0.6 is 0 Å². The molecule has 0 aromatic heterocycles. The van der Waals surface area contributed by atoms with Crippen molar-refractivity contribution < 1.29 is 0 Å². The first-order valence-corrected chi connectivity index (χ1v) is 8.24. The fourth-order valence-electron chi connectivity index (χ4n) is 4.04. The molecule has 2 atom stereocenters. The fourth-order valence-corrected chi connectivity index (χ4v) is 4.04. The van der Waals surface area contributed by atoms with Gasteiger partial charge in [-0.1, -0.05) is 19.9 Å². The summed E-state index contributed by atoms with van der Waals surface area (Å²) >= 11 is 0. The predicted molar refractivity (Wildman–Crippen MR) is 84.7 cm³/mol. The zero-order valence-electron chi connectivity index (χ0n) is 13.0. The quantitative estimate of drug-likeness (QED) is 0.828. The van der Waals surface area contributed by atoms with E-state index >= 15 is 0 Å². The van der Waals surface area contributed by atoms with E-state index in [9.17, 15) is 0 Å². The maximum absolute atomic E-state index is 2.62. The molecule has 3 heterocycles. The molecule has 5 rings (SSSR count). The van der Waals surface area contributed by atoms with Crippen molar-refractivity contribution in [1.29, 1.82) is 0 Å². The van der Waals surface area contributed by atoms with Crippen molar-refractivity contribution in [2.75, 3.05) is 25.0 Å². The topological polar surface area (TPSA) is 6.48 Å². The van der Waals surface area contributed by atoms with Crippen molar-refractivity contribution >= 4 is 5.69 Å². The second kappa shape index (κ2) is 4.49. The van der Waals surface area contributed by atoms with Gasteiger partial charge in [0.2, 0.25) is 0 Å². The number of piperidine rings is 1. The van der Waals surface area contributed by atoms with Crippen LogP contribution < -0.4 is 4.90 Å². The SMILES string of the molecule is CC(C)c1ccc(N2CC3CC(C2)N3C)cc1C1CC1. The van der Waals surface area contributed by atoms with E-state index in [0.29, 0.717) is 5.92 Å². The highest BCUT2D eigenvalue weighted by Gasteiger charge is 2.42. The molecule has 0 N–H and O–H groups in total. The molecule has 2 bridgehead atoms. The molecule has 2 nitrogen and oxygen atoms in total. The summed E-state index contributed by atoms with van der Waals surface area (Å²) in [6, 6.07) is 8.87. The van der Waals surface area contributed by atoms with Crippen molar-refractivity contribution in [1.82, 2.24) is 4.90 Å². The van der Waals surface area contributed by atoms with E-state index in [0.717, 1.165) is 18.0 Å². The maximum atomic E-state index is 2.62. The second-order valence-corrected chi connectivity index (χ2v) is 7.36. The van der Waals surface area contributed by atoms with Crippen molar-refractivity contribution in [3.63, 3.8) is 0 Å². The molecule has 20 heavy (non-hydrogen) atoms. The Morgan fingerprint density at radius 2 is 1.80 bits per heavy atom. The van der Waals surface area contributed by atoms with Gasteiger partial charge in [0.1, 0.15) is 0 Å². The Kier molecular flexibility index (Phi) is 2.85. The van der Waals surface area contributed by atoms with Gasteiger partial charge in [-0.3, -0.25) is 4.90 Å². The number of nitrogens with zero attached hydrogens (tertiary/aromatic N) is 2. The minimum Gasteiger partial charge on any atom is -0.368 e. The standard InChI is InChI=1S/C18H26N2/c1-12(2)17-7-6-14(9-18(17)13-4-5-13)20-10-15-8-16(11-20)19(15)3/h6-7,9,12-13,15-16H,4-5,8,10-11H2,1-3H3. The molecule has 3 aliphatic heterocycles. The first kappa shape index (κ1) is 12.7. The molecule has 2 heteroatoms. The highest BCUT2D eigenvalue weighted by atomic mass is 15.3. The normalized spacial score (nSPS) is 29.7. The van der Waals surface area contributed by atoms with Crippen LogP contribution in [0.2, 0.25) is 0 Å². The molecule has 4 fully saturated rings. The lowest BCUT2D eigenvalue weighted by Gasteiger charge is -2.55. The summed E-state index contributed by atoms with van der Waals surface area (Å²) in [6.45, 7) is 7.09. The predicted octanol–water partition coefficient (Wildman–Crippen LogP) is 3.58. The second-order valence-electron chi connectivity index (χ2n) is 7.36. The van der Waals surface area contributed by atoms with Gasteiger partial charge in [-0.2, -0.15) is 0 Å². The van der Waals surface area contributed by atoms with Crippen LogP contribution in [0.4, 0.5) is 5.69 Å². The van der Waals surface area contributed by atoms with Crippen molar-refractivity contribution in [2.24, 2.45) is 0 Å². The summed E-state index contributed by atoms with van der Waals surface area (Å²) in [5.41, 5.74) is 4.69. The van der Waals surface area contributed by atoms with E-state index in [2.05, 4.69) is 48.9 Å². The Balaban J connectivity index is 1.61. The third-order valence-corrected chi connectivity index (χ3v) is 5.63. The van der Waals surface area contributed by atoms with Crippen LogP contribution in [0.3, 0.4) is 0 Å². The Morgan fingerprint density at radius 3 is 2.35 bits per heavy atom. The summed E-state index contributed by atoms with van der Waals surface area (Å²) in [4.78, 5) is 5.18. The van der Waals surface area contributed by atoms with Crippen LogP contribution in [0.5, 0.6) is 0 Å². The lowest BCUT2D eigenvalue weighted by atomic mass is 9.87. The average Bonchev–Trinajstić information content (AvgIpc) is 3.30. The first-order chi connectivity index (χ1) is 9.63. The van der Waals surface area contributed by atoms with Gasteiger partial charge in [0.05, 0.1) is 0 Å². The Bertz CT molecular complexity index is 506. The molecule has 108 valence electrons. The van der Waals surface area contributed by atoms with Crippen LogP contribution in [0.25, 0.3) is 0 Å². The van der Waals surface area contributed by atoms with Crippen LogP contribution in [0.1, 0.15) is 56.1 Å². The lowest BCUT2D eigenvalue weighted by molar-refractivity contribution is 0.0264. The zero-order chi connectivity index (χ0) is 13.9. The van der Waals surface area contributed by atoms with E-state index in [1.165, 1.54) is 38.0 Å². The van der Waals surface area contributed by atoms with Crippen LogP contribution in [-0.4, -0.2) is 37.1 Å². The van der Waals surface area contributed by atoms with Crippen LogP contribution in [0.15, 0.2) is 18.2 Å². The molecule has 4 aliphatic rings. The molecular formula is C18H26N2. The third kappa shape index (κ3) is 1.96. The Labute approximate surface area is 122 Å². The average molecular weight is 270 g/mol. The van der Waals surface area contributed by atoms with E-state index in [-0.39, 0.29) is 0 Å². The molecular weight excluding hydrogens is 244 g/mol. The number of hydrogen-bond donors (Lipinski definition) is 0. The van der Waals surface area contributed by atoms with E-state index in [1.54, 1.807) is 11.1 Å². The van der Waals surface area contributed by atoms with Crippen LogP contribution in [-0.2, 0) is 0 Å². The van der Waals surface area contributed by atoms with Crippen molar-refractivity contribution in [3.05, 3.63) is 29.3 Å². The summed E-state index contributed by atoms with van der Waals surface area (Å²) in [5.74, 6) is 1.51. The zero-order valence-corrected chi connectivity index (χ0v) is 13.0. The number of rotatable bonds is 3. The smallest absolute Gasteiger partial charge is 0.0370 e. The Morgan fingerprint density at radius 1 is 1.10 bits per heavy atom. The monoisotopic (exact) mass is 270 g/mol. The molecule has 1 aromatic carbocycles. The van der Waals surface area contributed by atoms with Gasteiger partial charge in [-0.15, -0.1) is 0 Å². The lowest BCUT2D eigenvalue weighted by Crippen LogP contribution is -2.67. The van der Waals surface area contributed by atoms with E-state index in [4.69, 9.17) is 0 Å². The van der Waals surface area contributed by atoms with E-state index < -0.39 is 0 Å². The highest BCUT2D eigenvalue weighted by Crippen LogP contribution is 2.45. The van der Waals surface area contributed by atoms with Gasteiger partial charge in [0.15, 0.2) is 0 Å². The van der Waals surface area contributed by atoms with E-state index in [1.807, 2.05) is 0 Å². The largest absolute Gasteiger partial charge is 0.368 e. The number of piperazine rings is 1. The fraction of sp³-hybridized carbons (Fsp3) is 0.667. The van der Waals surface area contributed by atoms with Gasteiger partial charge in [0, 0.05) is 30.9 Å². The molecule has 0 radical (unpaired) electrons. The number of likely N-dealkylation sites (N-methyl/N-ethyl adjacent to an activating group) is 1. The minimum absolute atomic E-state index is 0.653. The van der Waals surface area contributed by atoms with Gasteiger partial charge < -0.3 is 4.90 Å². The van der Waals surface area contributed by atoms with Gasteiger partial charge in [-0.25, -0.2) is 0 Å². The maximum Gasteiger partial charge on any atom is 0.0370 e. The van der Waals surface area contributed by atoms with Gasteiger partial charge in [-0.05, 0) is 61.4 Å². The number of anilines is 1. The van der Waals surface area contributed by atoms with Crippen LogP contribution in [0, 0.1) is 0 Å². The van der Waals surface area contributed by atoms with Gasteiger partial charge in [0.25, 0.3) is 0 Å². The molecule has 1 aliphatic carbocycles. The van der Waals surface area contributed by atoms with Gasteiger partial charge >= 0.3 is 0 Å². The summed E-state index contributed by atoms with van der Waals surface area (Å²) < 4.78 is 0.